The summed E-state index contributed by atoms with van der Waals surface area (Å²) in [5.41, 5.74) is -0.436. The van der Waals surface area contributed by atoms with Crippen molar-refractivity contribution in [2.75, 3.05) is 6.54 Å². The van der Waals surface area contributed by atoms with E-state index in [0.29, 0.717) is 4.32 Å². The van der Waals surface area contributed by atoms with E-state index in [1.165, 1.54) is 23.1 Å². The molecule has 0 spiro atoms. The summed E-state index contributed by atoms with van der Waals surface area (Å²) >= 11 is 6.12. The lowest BCUT2D eigenvalue weighted by Gasteiger charge is -2.11. The van der Waals surface area contributed by atoms with Crippen molar-refractivity contribution < 1.29 is 14.8 Å². The molecule has 0 aromatic heterocycles. The SMILES string of the molecule is C=CCN1C(=O)/C(=C\c2cccc([N+](=O)[O-])c2[O-])SC1=S. The molecule has 1 aliphatic rings. The predicted molar refractivity (Wildman–Crippen MR) is 82.6 cm³/mol. The first-order valence-electron chi connectivity index (χ1n) is 5.76. The van der Waals surface area contributed by atoms with E-state index >= 15 is 0 Å². The highest BCUT2D eigenvalue weighted by Crippen LogP contribution is 2.35. The average Bonchev–Trinajstić information content (AvgIpc) is 2.69. The van der Waals surface area contributed by atoms with Crippen molar-refractivity contribution in [3.05, 3.63) is 51.4 Å². The number of carbonyl (C=O) groups excluding carboxylic acids is 1. The zero-order chi connectivity index (χ0) is 15.6. The molecule has 1 amide bonds. The Bertz CT molecular complexity index is 685. The Balaban J connectivity index is 2.39. The number of thioether (sulfide) groups is 1. The third-order valence-corrected chi connectivity index (χ3v) is 4.07. The summed E-state index contributed by atoms with van der Waals surface area (Å²) < 4.78 is 0.365. The van der Waals surface area contributed by atoms with Gasteiger partial charge in [0.25, 0.3) is 11.6 Å². The molecule has 2 rings (SSSR count). The van der Waals surface area contributed by atoms with Gasteiger partial charge in [-0.15, -0.1) is 6.58 Å². The van der Waals surface area contributed by atoms with Gasteiger partial charge in [0, 0.05) is 12.6 Å². The van der Waals surface area contributed by atoms with E-state index in [2.05, 4.69) is 6.58 Å². The van der Waals surface area contributed by atoms with Crippen molar-refractivity contribution >= 4 is 46.0 Å². The minimum atomic E-state index is -0.747. The van der Waals surface area contributed by atoms with Crippen LogP contribution in [-0.2, 0) is 4.79 Å². The number of nitro groups is 1. The number of nitrogens with zero attached hydrogens (tertiary/aromatic N) is 2. The van der Waals surface area contributed by atoms with Gasteiger partial charge in [-0.3, -0.25) is 19.8 Å². The second kappa shape index (κ2) is 6.06. The lowest BCUT2D eigenvalue weighted by atomic mass is 10.1. The second-order valence-electron chi connectivity index (χ2n) is 4.03. The summed E-state index contributed by atoms with van der Waals surface area (Å²) in [5, 5.41) is 22.7. The summed E-state index contributed by atoms with van der Waals surface area (Å²) in [6.07, 6.45) is 2.87. The third-order valence-electron chi connectivity index (χ3n) is 2.69. The number of benzene rings is 1. The van der Waals surface area contributed by atoms with Crippen molar-refractivity contribution in [2.24, 2.45) is 0 Å². The van der Waals surface area contributed by atoms with Gasteiger partial charge in [-0.05, 0) is 17.4 Å². The minimum Gasteiger partial charge on any atom is -0.867 e. The summed E-state index contributed by atoms with van der Waals surface area (Å²) in [7, 11) is 0. The summed E-state index contributed by atoms with van der Waals surface area (Å²) in [6, 6.07) is 3.95. The molecular weight excluding hydrogens is 312 g/mol. The van der Waals surface area contributed by atoms with Gasteiger partial charge in [0.1, 0.15) is 4.32 Å². The first-order chi connectivity index (χ1) is 9.95. The van der Waals surface area contributed by atoms with Crippen molar-refractivity contribution in [3.63, 3.8) is 0 Å². The largest absolute Gasteiger partial charge is 0.867 e. The summed E-state index contributed by atoms with van der Waals surface area (Å²) in [4.78, 5) is 23.7. The van der Waals surface area contributed by atoms with Gasteiger partial charge in [-0.1, -0.05) is 42.2 Å². The molecule has 6 nitrogen and oxygen atoms in total. The Morgan fingerprint density at radius 1 is 1.48 bits per heavy atom. The van der Waals surface area contributed by atoms with E-state index in [9.17, 15) is 20.0 Å². The molecule has 108 valence electrons. The van der Waals surface area contributed by atoms with Crippen molar-refractivity contribution in [2.45, 2.75) is 0 Å². The van der Waals surface area contributed by atoms with Gasteiger partial charge in [0.05, 0.1) is 9.83 Å². The highest BCUT2D eigenvalue weighted by molar-refractivity contribution is 8.26. The third kappa shape index (κ3) is 2.96. The number of hydrogen-bond acceptors (Lipinski definition) is 6. The van der Waals surface area contributed by atoms with Crippen LogP contribution in [0.4, 0.5) is 5.69 Å². The first kappa shape index (κ1) is 15.2. The van der Waals surface area contributed by atoms with E-state index in [1.54, 1.807) is 6.08 Å². The standard InChI is InChI=1S/C13H10N2O4S2/c1-2-6-14-12(17)10(21-13(14)20)7-8-4-3-5-9(11(8)16)15(18)19/h2-5,7,16H,1,6H2/p-1/b10-7+. The number of hydrogen-bond donors (Lipinski definition) is 0. The zero-order valence-electron chi connectivity index (χ0n) is 10.6. The van der Waals surface area contributed by atoms with Crippen molar-refractivity contribution in [1.29, 1.82) is 0 Å². The molecule has 21 heavy (non-hydrogen) atoms. The van der Waals surface area contributed by atoms with Crippen LogP contribution in [-0.4, -0.2) is 26.6 Å². The van der Waals surface area contributed by atoms with Gasteiger partial charge in [0.15, 0.2) is 0 Å². The highest BCUT2D eigenvalue weighted by atomic mass is 32.2. The van der Waals surface area contributed by atoms with Crippen LogP contribution >= 0.6 is 24.0 Å². The quantitative estimate of drug-likeness (QED) is 0.277. The van der Waals surface area contributed by atoms with Crippen LogP contribution in [0, 0.1) is 10.1 Å². The molecule has 0 bridgehead atoms. The van der Waals surface area contributed by atoms with E-state index in [-0.39, 0.29) is 22.9 Å². The van der Waals surface area contributed by atoms with Gasteiger partial charge in [-0.25, -0.2) is 0 Å². The fourth-order valence-electron chi connectivity index (χ4n) is 1.73. The molecule has 0 atom stereocenters. The monoisotopic (exact) mass is 321 g/mol. The maximum atomic E-state index is 12.1. The smallest absolute Gasteiger partial charge is 0.266 e. The molecule has 1 aromatic carbocycles. The molecule has 1 aliphatic heterocycles. The van der Waals surface area contributed by atoms with Gasteiger partial charge >= 0.3 is 0 Å². The number of nitro benzene ring substituents is 1. The normalized spacial score (nSPS) is 16.6. The number of thiocarbonyl (C=S) groups is 1. The molecule has 1 aromatic rings. The number of para-hydroxylation sites is 1. The van der Waals surface area contributed by atoms with E-state index in [4.69, 9.17) is 12.2 Å². The van der Waals surface area contributed by atoms with E-state index < -0.39 is 16.4 Å². The lowest BCUT2D eigenvalue weighted by Crippen LogP contribution is -2.27. The van der Waals surface area contributed by atoms with Crippen molar-refractivity contribution in [3.8, 4) is 5.75 Å². The fourth-order valence-corrected chi connectivity index (χ4v) is 2.99. The Morgan fingerprint density at radius 2 is 2.19 bits per heavy atom. The maximum Gasteiger partial charge on any atom is 0.266 e. The molecule has 0 radical (unpaired) electrons. The number of carbonyl (C=O) groups is 1. The molecule has 0 aliphatic carbocycles. The summed E-state index contributed by atoms with van der Waals surface area (Å²) in [5.74, 6) is -1.06. The van der Waals surface area contributed by atoms with Crippen molar-refractivity contribution in [1.82, 2.24) is 4.90 Å². The minimum absolute atomic E-state index is 0.0864. The van der Waals surface area contributed by atoms with Crippen LogP contribution in [0.5, 0.6) is 5.75 Å². The maximum absolute atomic E-state index is 12.1. The lowest BCUT2D eigenvalue weighted by molar-refractivity contribution is -0.398. The highest BCUT2D eigenvalue weighted by Gasteiger charge is 2.31. The van der Waals surface area contributed by atoms with E-state index in [0.717, 1.165) is 17.8 Å². The topological polar surface area (TPSA) is 86.5 Å². The molecule has 0 unspecified atom stereocenters. The molecule has 1 saturated heterocycles. The fraction of sp³-hybridized carbons (Fsp3) is 0.0769. The molecule has 1 heterocycles. The average molecular weight is 321 g/mol. The van der Waals surface area contributed by atoms with E-state index in [1.807, 2.05) is 0 Å². The summed E-state index contributed by atoms with van der Waals surface area (Å²) in [6.45, 7) is 3.82. The van der Waals surface area contributed by atoms with Crippen LogP contribution < -0.4 is 5.11 Å². The van der Waals surface area contributed by atoms with Crippen LogP contribution in [0.1, 0.15) is 5.56 Å². The van der Waals surface area contributed by atoms with Crippen LogP contribution in [0.3, 0.4) is 0 Å². The molecular formula is C13H9N2O4S2-. The number of amides is 1. The zero-order valence-corrected chi connectivity index (χ0v) is 12.3. The second-order valence-corrected chi connectivity index (χ2v) is 5.71. The molecule has 0 N–H and O–H groups in total. The Hall–Kier alpha value is -2.19. The Labute approximate surface area is 129 Å². The molecule has 0 saturated carbocycles. The first-order valence-corrected chi connectivity index (χ1v) is 6.99. The Morgan fingerprint density at radius 3 is 2.81 bits per heavy atom. The van der Waals surface area contributed by atoms with Gasteiger partial charge < -0.3 is 5.11 Å². The molecule has 8 heteroatoms. The van der Waals surface area contributed by atoms with Crippen LogP contribution in [0.15, 0.2) is 35.8 Å². The predicted octanol–water partition coefficient (Wildman–Crippen LogP) is 2.06. The van der Waals surface area contributed by atoms with Crippen LogP contribution in [0.25, 0.3) is 6.08 Å². The Kier molecular flexibility index (Phi) is 4.39. The van der Waals surface area contributed by atoms with Crippen LogP contribution in [0.2, 0.25) is 0 Å². The van der Waals surface area contributed by atoms with Gasteiger partial charge in [-0.2, -0.15) is 0 Å². The molecule has 1 fully saturated rings. The number of rotatable bonds is 4. The van der Waals surface area contributed by atoms with Gasteiger partial charge in [0.2, 0.25) is 0 Å².